The molecule has 7 heteroatoms. The van der Waals surface area contributed by atoms with Gasteiger partial charge in [0.2, 0.25) is 15.9 Å². The molecule has 1 amide bonds. The van der Waals surface area contributed by atoms with Gasteiger partial charge in [0.15, 0.2) is 0 Å². The second-order valence-electron chi connectivity index (χ2n) is 5.69. The van der Waals surface area contributed by atoms with E-state index in [1.54, 1.807) is 6.92 Å². The van der Waals surface area contributed by atoms with Crippen LogP contribution in [-0.4, -0.2) is 27.4 Å². The molecule has 2 rings (SSSR count). The maximum absolute atomic E-state index is 12.3. The van der Waals surface area contributed by atoms with Crippen LogP contribution in [0, 0.1) is 25.7 Å². The number of nitrogens with one attached hydrogen (secondary N) is 2. The van der Waals surface area contributed by atoms with Crippen molar-refractivity contribution in [1.82, 2.24) is 5.32 Å². The number of nitrogens with two attached hydrogens (primary N) is 1. The van der Waals surface area contributed by atoms with Crippen LogP contribution in [0.5, 0.6) is 0 Å². The van der Waals surface area contributed by atoms with Gasteiger partial charge in [-0.25, -0.2) is 13.6 Å². The van der Waals surface area contributed by atoms with Crippen molar-refractivity contribution in [3.8, 4) is 0 Å². The summed E-state index contributed by atoms with van der Waals surface area (Å²) in [7, 11) is -3.79. The van der Waals surface area contributed by atoms with Crippen LogP contribution >= 0.6 is 0 Å². The molecule has 1 aromatic carbocycles. The molecule has 0 aliphatic carbocycles. The Morgan fingerprint density at radius 1 is 1.33 bits per heavy atom. The van der Waals surface area contributed by atoms with Crippen LogP contribution < -0.4 is 15.8 Å². The first-order chi connectivity index (χ1) is 9.70. The van der Waals surface area contributed by atoms with Crippen molar-refractivity contribution in [1.29, 1.82) is 0 Å². The predicted molar refractivity (Wildman–Crippen MR) is 81.4 cm³/mol. The fourth-order valence-corrected chi connectivity index (χ4v) is 3.13. The quantitative estimate of drug-likeness (QED) is 0.766. The van der Waals surface area contributed by atoms with E-state index in [0.29, 0.717) is 12.2 Å². The largest absolute Gasteiger partial charge is 0.326 e. The Labute approximate surface area is 125 Å². The van der Waals surface area contributed by atoms with Crippen molar-refractivity contribution >= 4 is 21.6 Å². The molecule has 1 saturated heterocycles. The number of hydrogen-bond donors (Lipinski definition) is 3. The lowest BCUT2D eigenvalue weighted by molar-refractivity contribution is -0.120. The van der Waals surface area contributed by atoms with Gasteiger partial charge in [-0.15, -0.1) is 0 Å². The number of primary sulfonamides is 1. The van der Waals surface area contributed by atoms with Gasteiger partial charge >= 0.3 is 0 Å². The predicted octanol–water partition coefficient (Wildman–Crippen LogP) is 0.745. The third-order valence-corrected chi connectivity index (χ3v) is 4.97. The zero-order valence-electron chi connectivity index (χ0n) is 12.4. The number of carbonyl (C=O) groups excluding carboxylic acids is 1. The van der Waals surface area contributed by atoms with E-state index in [-0.39, 0.29) is 22.6 Å². The Kier molecular flexibility index (Phi) is 4.36. The van der Waals surface area contributed by atoms with Gasteiger partial charge in [-0.2, -0.15) is 0 Å². The molecule has 1 aliphatic rings. The smallest absolute Gasteiger partial charge is 0.238 e. The van der Waals surface area contributed by atoms with Crippen LogP contribution in [0.25, 0.3) is 0 Å². The van der Waals surface area contributed by atoms with E-state index in [9.17, 15) is 13.2 Å². The second kappa shape index (κ2) is 5.75. The molecule has 1 heterocycles. The highest BCUT2D eigenvalue weighted by molar-refractivity contribution is 7.89. The average molecular weight is 311 g/mol. The highest BCUT2D eigenvalue weighted by Crippen LogP contribution is 2.25. The van der Waals surface area contributed by atoms with Crippen LogP contribution in [0.15, 0.2) is 17.0 Å². The van der Waals surface area contributed by atoms with E-state index in [1.165, 1.54) is 12.1 Å². The van der Waals surface area contributed by atoms with Crippen LogP contribution in [0.1, 0.15) is 18.1 Å². The molecule has 1 aromatic rings. The summed E-state index contributed by atoms with van der Waals surface area (Å²) >= 11 is 0. The van der Waals surface area contributed by atoms with Gasteiger partial charge in [0.05, 0.1) is 10.8 Å². The highest BCUT2D eigenvalue weighted by Gasteiger charge is 2.30. The maximum Gasteiger partial charge on any atom is 0.238 e. The van der Waals surface area contributed by atoms with Gasteiger partial charge in [-0.05, 0) is 49.6 Å². The lowest BCUT2D eigenvalue weighted by Gasteiger charge is -2.17. The monoisotopic (exact) mass is 311 g/mol. The Balaban J connectivity index is 2.31. The average Bonchev–Trinajstić information content (AvgIpc) is 2.79. The molecule has 4 N–H and O–H groups in total. The van der Waals surface area contributed by atoms with Crippen molar-refractivity contribution < 1.29 is 13.2 Å². The van der Waals surface area contributed by atoms with Gasteiger partial charge in [0, 0.05) is 12.2 Å². The molecule has 0 aromatic heterocycles. The molecule has 0 bridgehead atoms. The van der Waals surface area contributed by atoms with Crippen LogP contribution in [0.2, 0.25) is 0 Å². The van der Waals surface area contributed by atoms with Crippen molar-refractivity contribution in [2.45, 2.75) is 25.7 Å². The summed E-state index contributed by atoms with van der Waals surface area (Å²) < 4.78 is 23.0. The Hall–Kier alpha value is -1.44. The zero-order chi connectivity index (χ0) is 15.8. The van der Waals surface area contributed by atoms with Crippen molar-refractivity contribution in [3.05, 3.63) is 23.3 Å². The Bertz CT molecular complexity index is 670. The number of aryl methyl sites for hydroxylation is 1. The third kappa shape index (κ3) is 3.42. The van der Waals surface area contributed by atoms with Gasteiger partial charge in [-0.3, -0.25) is 4.79 Å². The number of rotatable bonds is 3. The number of sulfonamides is 1. The summed E-state index contributed by atoms with van der Waals surface area (Å²) in [6.45, 7) is 7.10. The highest BCUT2D eigenvalue weighted by atomic mass is 32.2. The summed E-state index contributed by atoms with van der Waals surface area (Å²) in [5.74, 6) is 0.0530. The molecule has 1 aliphatic heterocycles. The summed E-state index contributed by atoms with van der Waals surface area (Å²) in [4.78, 5) is 12.3. The minimum absolute atomic E-state index is 0.0125. The van der Waals surface area contributed by atoms with E-state index >= 15 is 0 Å². The second-order valence-corrected chi connectivity index (χ2v) is 7.25. The van der Waals surface area contributed by atoms with Crippen LogP contribution in [0.4, 0.5) is 5.69 Å². The fraction of sp³-hybridized carbons (Fsp3) is 0.500. The molecule has 0 saturated carbocycles. The molecule has 116 valence electrons. The number of amides is 1. The van der Waals surface area contributed by atoms with Crippen molar-refractivity contribution in [2.24, 2.45) is 17.0 Å². The summed E-state index contributed by atoms with van der Waals surface area (Å²) in [5.41, 5.74) is 2.12. The van der Waals surface area contributed by atoms with E-state index in [1.807, 2.05) is 13.8 Å². The summed E-state index contributed by atoms with van der Waals surface area (Å²) in [6.07, 6.45) is 0. The first kappa shape index (κ1) is 15.9. The van der Waals surface area contributed by atoms with Crippen LogP contribution in [-0.2, 0) is 14.8 Å². The van der Waals surface area contributed by atoms with Gasteiger partial charge in [0.1, 0.15) is 0 Å². The van der Waals surface area contributed by atoms with Crippen LogP contribution in [0.3, 0.4) is 0 Å². The first-order valence-corrected chi connectivity index (χ1v) is 8.40. The molecule has 0 spiro atoms. The van der Waals surface area contributed by atoms with Crippen molar-refractivity contribution in [2.75, 3.05) is 18.4 Å². The lowest BCUT2D eigenvalue weighted by atomic mass is 9.97. The fourth-order valence-electron chi connectivity index (χ4n) is 2.51. The number of anilines is 1. The summed E-state index contributed by atoms with van der Waals surface area (Å²) in [5, 5.41) is 11.2. The number of hydrogen-bond acceptors (Lipinski definition) is 4. The molecular weight excluding hydrogens is 290 g/mol. The first-order valence-electron chi connectivity index (χ1n) is 6.85. The molecule has 1 fully saturated rings. The molecular formula is C14H21N3O3S. The van der Waals surface area contributed by atoms with E-state index in [0.717, 1.165) is 17.7 Å². The van der Waals surface area contributed by atoms with E-state index < -0.39 is 10.0 Å². The molecule has 21 heavy (non-hydrogen) atoms. The number of benzene rings is 1. The Morgan fingerprint density at radius 2 is 2.00 bits per heavy atom. The minimum Gasteiger partial charge on any atom is -0.326 e. The Morgan fingerprint density at radius 3 is 2.52 bits per heavy atom. The standard InChI is InChI=1S/C14H21N3O3S/c1-8-4-11(21(15,19)20)5-13(10(8)3)17-14(18)12-7-16-6-9(12)2/h4-5,9,12,16H,6-7H2,1-3H3,(H,17,18)(H2,15,19,20). The van der Waals surface area contributed by atoms with Gasteiger partial charge in [0.25, 0.3) is 0 Å². The van der Waals surface area contributed by atoms with Gasteiger partial charge in [-0.1, -0.05) is 6.92 Å². The van der Waals surface area contributed by atoms with E-state index in [2.05, 4.69) is 10.6 Å². The van der Waals surface area contributed by atoms with Gasteiger partial charge < -0.3 is 10.6 Å². The normalized spacial score (nSPS) is 22.3. The zero-order valence-corrected chi connectivity index (χ0v) is 13.3. The molecule has 2 unspecified atom stereocenters. The maximum atomic E-state index is 12.3. The molecule has 2 atom stereocenters. The summed E-state index contributed by atoms with van der Waals surface area (Å²) in [6, 6.07) is 2.93. The SMILES string of the molecule is Cc1cc(S(N)(=O)=O)cc(NC(=O)C2CNCC2C)c1C. The lowest BCUT2D eigenvalue weighted by Crippen LogP contribution is -2.28. The minimum atomic E-state index is -3.79. The number of carbonyl (C=O) groups is 1. The topological polar surface area (TPSA) is 101 Å². The molecule has 6 nitrogen and oxygen atoms in total. The third-order valence-electron chi connectivity index (χ3n) is 4.08. The van der Waals surface area contributed by atoms with Crippen molar-refractivity contribution in [3.63, 3.8) is 0 Å². The van der Waals surface area contributed by atoms with E-state index in [4.69, 9.17) is 5.14 Å². The molecule has 0 radical (unpaired) electrons.